The molecule has 0 amide bonds. The number of nitrogens with zero attached hydrogens (tertiary/aromatic N) is 4. The predicted octanol–water partition coefficient (Wildman–Crippen LogP) is 1.18. The summed E-state index contributed by atoms with van der Waals surface area (Å²) in [5.74, 6) is 1.81. The molecule has 0 aromatic carbocycles. The monoisotopic (exact) mass is 251 g/mol. The van der Waals surface area contributed by atoms with Crippen molar-refractivity contribution in [1.29, 1.82) is 0 Å². The maximum atomic E-state index is 6.15. The molecule has 0 spiro atoms. The number of nitrogens with two attached hydrogens (primary N) is 1. The third-order valence-electron chi connectivity index (χ3n) is 3.83. The summed E-state index contributed by atoms with van der Waals surface area (Å²) < 4.78 is 2.00. The van der Waals surface area contributed by atoms with Crippen LogP contribution in [0.15, 0.2) is 0 Å². The van der Waals surface area contributed by atoms with Gasteiger partial charge in [0.25, 0.3) is 0 Å². The van der Waals surface area contributed by atoms with E-state index in [1.54, 1.807) is 0 Å². The zero-order chi connectivity index (χ0) is 13.3. The minimum atomic E-state index is 0.736. The van der Waals surface area contributed by atoms with Crippen molar-refractivity contribution in [3.05, 3.63) is 5.69 Å². The minimum absolute atomic E-state index is 0.736. The molecule has 0 radical (unpaired) electrons. The van der Waals surface area contributed by atoms with Crippen molar-refractivity contribution in [3.8, 4) is 0 Å². The van der Waals surface area contributed by atoms with Gasteiger partial charge in [-0.05, 0) is 39.8 Å². The Labute approximate surface area is 110 Å². The molecule has 1 unspecified atom stereocenters. The van der Waals surface area contributed by atoms with E-state index in [4.69, 9.17) is 5.73 Å². The van der Waals surface area contributed by atoms with Crippen molar-refractivity contribution in [2.24, 2.45) is 5.92 Å². The Morgan fingerprint density at radius 2 is 2.22 bits per heavy atom. The highest BCUT2D eigenvalue weighted by Crippen LogP contribution is 2.27. The molecule has 1 fully saturated rings. The molecule has 2 heterocycles. The van der Waals surface area contributed by atoms with E-state index >= 15 is 0 Å². The zero-order valence-electron chi connectivity index (χ0n) is 12.0. The maximum Gasteiger partial charge on any atom is 0.150 e. The molecule has 1 atom stereocenters. The average Bonchev–Trinajstić information content (AvgIpc) is 2.84. The lowest BCUT2D eigenvalue weighted by Crippen LogP contribution is -2.29. The molecular formula is C13H25N5. The molecule has 18 heavy (non-hydrogen) atoms. The van der Waals surface area contributed by atoms with E-state index in [2.05, 4.69) is 35.9 Å². The van der Waals surface area contributed by atoms with Crippen molar-refractivity contribution in [3.63, 3.8) is 0 Å². The van der Waals surface area contributed by atoms with Crippen LogP contribution in [0.4, 0.5) is 11.5 Å². The van der Waals surface area contributed by atoms with E-state index in [1.807, 2.05) is 11.6 Å². The van der Waals surface area contributed by atoms with E-state index in [0.717, 1.165) is 36.2 Å². The lowest BCUT2D eigenvalue weighted by atomic mass is 10.1. The first-order chi connectivity index (χ1) is 8.52. The molecule has 0 saturated carbocycles. The standard InChI is InChI=1S/C13H25N5/c1-5-18-13(12(14)10(2)15-18)17(4)9-11-6-7-16(3)8-11/h11H,5-9,14H2,1-4H3. The van der Waals surface area contributed by atoms with Gasteiger partial charge in [-0.1, -0.05) is 0 Å². The SMILES string of the molecule is CCn1nc(C)c(N)c1N(C)CC1CCN(C)C1. The number of aromatic nitrogens is 2. The lowest BCUT2D eigenvalue weighted by Gasteiger charge is -2.24. The Morgan fingerprint density at radius 1 is 1.50 bits per heavy atom. The fourth-order valence-corrected chi connectivity index (χ4v) is 2.86. The van der Waals surface area contributed by atoms with Crippen LogP contribution in [0.1, 0.15) is 19.0 Å². The Kier molecular flexibility index (Phi) is 3.80. The zero-order valence-corrected chi connectivity index (χ0v) is 12.0. The van der Waals surface area contributed by atoms with Gasteiger partial charge in [-0.25, -0.2) is 4.68 Å². The topological polar surface area (TPSA) is 50.3 Å². The smallest absolute Gasteiger partial charge is 0.150 e. The summed E-state index contributed by atoms with van der Waals surface area (Å²) in [7, 11) is 4.31. The fourth-order valence-electron chi connectivity index (χ4n) is 2.86. The van der Waals surface area contributed by atoms with Crippen LogP contribution in [0.2, 0.25) is 0 Å². The molecule has 102 valence electrons. The molecule has 5 heteroatoms. The molecule has 2 rings (SSSR count). The van der Waals surface area contributed by atoms with Gasteiger partial charge < -0.3 is 15.5 Å². The normalized spacial score (nSPS) is 20.6. The average molecular weight is 251 g/mol. The van der Waals surface area contributed by atoms with Crippen molar-refractivity contribution in [2.75, 3.05) is 44.4 Å². The fraction of sp³-hybridized carbons (Fsp3) is 0.769. The number of anilines is 2. The molecule has 0 aliphatic carbocycles. The van der Waals surface area contributed by atoms with Crippen LogP contribution < -0.4 is 10.6 Å². The number of rotatable bonds is 4. The third-order valence-corrected chi connectivity index (χ3v) is 3.83. The number of nitrogen functional groups attached to an aromatic ring is 1. The largest absolute Gasteiger partial charge is 0.394 e. The summed E-state index contributed by atoms with van der Waals surface area (Å²) in [5.41, 5.74) is 7.90. The number of likely N-dealkylation sites (tertiary alicyclic amines) is 1. The summed E-state index contributed by atoms with van der Waals surface area (Å²) >= 11 is 0. The number of hydrogen-bond donors (Lipinski definition) is 1. The van der Waals surface area contributed by atoms with Crippen molar-refractivity contribution < 1.29 is 0 Å². The van der Waals surface area contributed by atoms with Crippen LogP contribution in [-0.4, -0.2) is 48.4 Å². The van der Waals surface area contributed by atoms with E-state index in [1.165, 1.54) is 19.5 Å². The van der Waals surface area contributed by atoms with Crippen LogP contribution in [0.5, 0.6) is 0 Å². The molecule has 0 bridgehead atoms. The highest BCUT2D eigenvalue weighted by Gasteiger charge is 2.23. The summed E-state index contributed by atoms with van der Waals surface area (Å²) in [6.07, 6.45) is 1.28. The van der Waals surface area contributed by atoms with E-state index < -0.39 is 0 Å². The first-order valence-electron chi connectivity index (χ1n) is 6.75. The van der Waals surface area contributed by atoms with Crippen molar-refractivity contribution in [1.82, 2.24) is 14.7 Å². The quantitative estimate of drug-likeness (QED) is 0.873. The van der Waals surface area contributed by atoms with Crippen LogP contribution >= 0.6 is 0 Å². The molecule has 1 aromatic rings. The highest BCUT2D eigenvalue weighted by atomic mass is 15.4. The summed E-state index contributed by atoms with van der Waals surface area (Å²) in [6.45, 7) is 8.39. The van der Waals surface area contributed by atoms with Gasteiger partial charge in [-0.2, -0.15) is 5.10 Å². The summed E-state index contributed by atoms with van der Waals surface area (Å²) in [6, 6.07) is 0. The minimum Gasteiger partial charge on any atom is -0.394 e. The van der Waals surface area contributed by atoms with Gasteiger partial charge in [-0.15, -0.1) is 0 Å². The van der Waals surface area contributed by atoms with Crippen LogP contribution in [0, 0.1) is 12.8 Å². The Bertz CT molecular complexity index is 412. The number of aryl methyl sites for hydroxylation is 2. The van der Waals surface area contributed by atoms with Gasteiger partial charge >= 0.3 is 0 Å². The third kappa shape index (κ3) is 2.46. The molecular weight excluding hydrogens is 226 g/mol. The number of hydrogen-bond acceptors (Lipinski definition) is 4. The van der Waals surface area contributed by atoms with Gasteiger partial charge in [0.1, 0.15) is 5.82 Å². The Morgan fingerprint density at radius 3 is 2.78 bits per heavy atom. The van der Waals surface area contributed by atoms with Gasteiger partial charge in [0.15, 0.2) is 0 Å². The second-order valence-corrected chi connectivity index (χ2v) is 5.44. The highest BCUT2D eigenvalue weighted by molar-refractivity contribution is 5.65. The molecule has 1 aliphatic heterocycles. The molecule has 1 aromatic heterocycles. The second-order valence-electron chi connectivity index (χ2n) is 5.44. The van der Waals surface area contributed by atoms with Crippen LogP contribution in [0.3, 0.4) is 0 Å². The van der Waals surface area contributed by atoms with Crippen molar-refractivity contribution in [2.45, 2.75) is 26.8 Å². The molecule has 1 saturated heterocycles. The summed E-state index contributed by atoms with van der Waals surface area (Å²) in [5, 5.41) is 4.48. The Hall–Kier alpha value is -1.23. The predicted molar refractivity (Wildman–Crippen MR) is 75.9 cm³/mol. The molecule has 5 nitrogen and oxygen atoms in total. The lowest BCUT2D eigenvalue weighted by molar-refractivity contribution is 0.395. The van der Waals surface area contributed by atoms with Crippen molar-refractivity contribution >= 4 is 11.5 Å². The van der Waals surface area contributed by atoms with Gasteiger partial charge in [-0.3, -0.25) is 0 Å². The van der Waals surface area contributed by atoms with Gasteiger partial charge in [0.2, 0.25) is 0 Å². The first-order valence-corrected chi connectivity index (χ1v) is 6.75. The van der Waals surface area contributed by atoms with E-state index in [-0.39, 0.29) is 0 Å². The van der Waals surface area contributed by atoms with Gasteiger partial charge in [0, 0.05) is 26.7 Å². The van der Waals surface area contributed by atoms with Crippen LogP contribution in [0.25, 0.3) is 0 Å². The molecule has 1 aliphatic rings. The maximum absolute atomic E-state index is 6.15. The first kappa shape index (κ1) is 13.2. The second kappa shape index (κ2) is 5.18. The summed E-state index contributed by atoms with van der Waals surface area (Å²) in [4.78, 5) is 4.66. The van der Waals surface area contributed by atoms with E-state index in [9.17, 15) is 0 Å². The van der Waals surface area contributed by atoms with Crippen LogP contribution in [-0.2, 0) is 6.54 Å². The Balaban J connectivity index is 2.10. The van der Waals surface area contributed by atoms with E-state index in [0.29, 0.717) is 0 Å². The molecule has 2 N–H and O–H groups in total. The van der Waals surface area contributed by atoms with Gasteiger partial charge in [0.05, 0.1) is 11.4 Å².